The molecule has 4 rings (SSSR count). The molecule has 1 aliphatic heterocycles. The van der Waals surface area contributed by atoms with Crippen LogP contribution in [0.2, 0.25) is 0 Å². The molecule has 4 heteroatoms. The van der Waals surface area contributed by atoms with Gasteiger partial charge < -0.3 is 9.32 Å². The molecule has 156 valence electrons. The van der Waals surface area contributed by atoms with Crippen molar-refractivity contribution in [3.05, 3.63) is 77.8 Å². The number of likely N-dealkylation sites (tertiary alicyclic amines) is 1. The van der Waals surface area contributed by atoms with Crippen molar-refractivity contribution >= 4 is 5.91 Å². The Labute approximate surface area is 178 Å². The maximum Gasteiger partial charge on any atom is 0.223 e. The SMILES string of the molecule is CC[C@@H](c1ccccc1)[C@H]1CCCN1C(=O)CCc1ncc(-c2ccc(C)cc2)o1. The van der Waals surface area contributed by atoms with Gasteiger partial charge in [0.25, 0.3) is 0 Å². The van der Waals surface area contributed by atoms with Crippen LogP contribution in [0.4, 0.5) is 0 Å². The molecule has 0 N–H and O–H groups in total. The third-order valence-electron chi connectivity index (χ3n) is 6.19. The number of benzene rings is 2. The highest BCUT2D eigenvalue weighted by atomic mass is 16.4. The van der Waals surface area contributed by atoms with Gasteiger partial charge in [0, 0.05) is 36.9 Å². The predicted molar refractivity (Wildman–Crippen MR) is 119 cm³/mol. The van der Waals surface area contributed by atoms with E-state index in [2.05, 4.69) is 66.2 Å². The second-order valence-electron chi connectivity index (χ2n) is 8.21. The number of amides is 1. The monoisotopic (exact) mass is 402 g/mol. The molecular formula is C26H30N2O2. The Balaban J connectivity index is 1.39. The molecule has 0 aliphatic carbocycles. The highest BCUT2D eigenvalue weighted by Gasteiger charge is 2.34. The lowest BCUT2D eigenvalue weighted by molar-refractivity contribution is -0.132. The van der Waals surface area contributed by atoms with Gasteiger partial charge in [-0.05, 0) is 31.7 Å². The summed E-state index contributed by atoms with van der Waals surface area (Å²) >= 11 is 0. The van der Waals surface area contributed by atoms with Crippen molar-refractivity contribution in [1.29, 1.82) is 0 Å². The van der Waals surface area contributed by atoms with Gasteiger partial charge in [-0.1, -0.05) is 67.1 Å². The number of carbonyl (C=O) groups excluding carboxylic acids is 1. The van der Waals surface area contributed by atoms with E-state index in [1.165, 1.54) is 11.1 Å². The van der Waals surface area contributed by atoms with Gasteiger partial charge in [-0.25, -0.2) is 4.98 Å². The summed E-state index contributed by atoms with van der Waals surface area (Å²) in [6.07, 6.45) is 5.93. The van der Waals surface area contributed by atoms with Crippen molar-refractivity contribution < 1.29 is 9.21 Å². The molecule has 1 saturated heterocycles. The number of rotatable bonds is 7. The van der Waals surface area contributed by atoms with Gasteiger partial charge in [0.1, 0.15) is 0 Å². The number of oxazole rings is 1. The lowest BCUT2D eigenvalue weighted by Gasteiger charge is -2.31. The number of aromatic nitrogens is 1. The fraction of sp³-hybridized carbons (Fsp3) is 0.385. The fourth-order valence-corrected chi connectivity index (χ4v) is 4.59. The molecule has 1 aromatic heterocycles. The summed E-state index contributed by atoms with van der Waals surface area (Å²) in [7, 11) is 0. The largest absolute Gasteiger partial charge is 0.441 e. The van der Waals surface area contributed by atoms with Crippen molar-refractivity contribution in [3.8, 4) is 11.3 Å². The summed E-state index contributed by atoms with van der Waals surface area (Å²) in [4.78, 5) is 19.5. The Bertz CT molecular complexity index is 962. The van der Waals surface area contributed by atoms with Gasteiger partial charge in [0.05, 0.1) is 6.20 Å². The maximum absolute atomic E-state index is 13.1. The molecule has 2 atom stereocenters. The van der Waals surface area contributed by atoms with Crippen LogP contribution in [0.25, 0.3) is 11.3 Å². The molecule has 1 fully saturated rings. The van der Waals surface area contributed by atoms with E-state index >= 15 is 0 Å². The smallest absolute Gasteiger partial charge is 0.223 e. The molecule has 3 aromatic rings. The van der Waals surface area contributed by atoms with E-state index in [4.69, 9.17) is 4.42 Å². The molecule has 0 saturated carbocycles. The number of nitrogens with zero attached hydrogens (tertiary/aromatic N) is 2. The number of hydrogen-bond donors (Lipinski definition) is 0. The first-order chi connectivity index (χ1) is 14.7. The number of aryl methyl sites for hydroxylation is 2. The quantitative estimate of drug-likeness (QED) is 0.504. The van der Waals surface area contributed by atoms with Gasteiger partial charge in [-0.3, -0.25) is 4.79 Å². The van der Waals surface area contributed by atoms with Crippen LogP contribution in [-0.2, 0) is 11.2 Å². The zero-order chi connectivity index (χ0) is 20.9. The minimum absolute atomic E-state index is 0.210. The lowest BCUT2D eigenvalue weighted by atomic mass is 9.87. The third kappa shape index (κ3) is 4.48. The van der Waals surface area contributed by atoms with Crippen LogP contribution >= 0.6 is 0 Å². The first-order valence-electron chi connectivity index (χ1n) is 11.0. The van der Waals surface area contributed by atoms with E-state index in [-0.39, 0.29) is 11.9 Å². The molecule has 0 spiro atoms. The van der Waals surface area contributed by atoms with E-state index in [0.29, 0.717) is 24.7 Å². The Morgan fingerprint density at radius 1 is 1.17 bits per heavy atom. The fourth-order valence-electron chi connectivity index (χ4n) is 4.59. The van der Waals surface area contributed by atoms with Crippen LogP contribution in [0.15, 0.2) is 65.2 Å². The highest BCUT2D eigenvalue weighted by Crippen LogP contribution is 2.34. The van der Waals surface area contributed by atoms with E-state index in [1.54, 1.807) is 6.20 Å². The second kappa shape index (κ2) is 9.29. The van der Waals surface area contributed by atoms with Crippen LogP contribution in [-0.4, -0.2) is 28.4 Å². The van der Waals surface area contributed by atoms with Crippen molar-refractivity contribution in [2.45, 2.75) is 57.9 Å². The molecule has 2 aromatic carbocycles. The van der Waals surface area contributed by atoms with Crippen molar-refractivity contribution in [2.24, 2.45) is 0 Å². The molecule has 4 nitrogen and oxygen atoms in total. The summed E-state index contributed by atoms with van der Waals surface area (Å²) in [5.41, 5.74) is 3.56. The average Bonchev–Trinajstić information content (AvgIpc) is 3.44. The van der Waals surface area contributed by atoms with Crippen LogP contribution in [0.5, 0.6) is 0 Å². The summed E-state index contributed by atoms with van der Waals surface area (Å²) in [5, 5.41) is 0. The first kappa shape index (κ1) is 20.4. The minimum Gasteiger partial charge on any atom is -0.441 e. The predicted octanol–water partition coefficient (Wildman–Crippen LogP) is 5.77. The van der Waals surface area contributed by atoms with Gasteiger partial charge >= 0.3 is 0 Å². The topological polar surface area (TPSA) is 46.3 Å². The molecule has 30 heavy (non-hydrogen) atoms. The third-order valence-corrected chi connectivity index (χ3v) is 6.19. The number of hydrogen-bond acceptors (Lipinski definition) is 3. The zero-order valence-corrected chi connectivity index (χ0v) is 17.9. The first-order valence-corrected chi connectivity index (χ1v) is 11.0. The van der Waals surface area contributed by atoms with Crippen LogP contribution < -0.4 is 0 Å². The van der Waals surface area contributed by atoms with Crippen LogP contribution in [0, 0.1) is 6.92 Å². The van der Waals surface area contributed by atoms with Gasteiger partial charge in [-0.2, -0.15) is 0 Å². The Hall–Kier alpha value is -2.88. The molecule has 1 amide bonds. The van der Waals surface area contributed by atoms with E-state index in [1.807, 2.05) is 12.1 Å². The standard InChI is InChI=1S/C26H30N2O2/c1-3-22(20-8-5-4-6-9-20)23-10-7-17-28(23)26(29)16-15-25-27-18-24(30-25)21-13-11-19(2)12-14-21/h4-6,8-9,11-14,18,22-23H,3,7,10,15-17H2,1-2H3/t22-,23+/m0/s1. The van der Waals surface area contributed by atoms with Crippen molar-refractivity contribution in [2.75, 3.05) is 6.54 Å². The molecule has 0 unspecified atom stereocenters. The van der Waals surface area contributed by atoms with Crippen molar-refractivity contribution in [1.82, 2.24) is 9.88 Å². The Morgan fingerprint density at radius 2 is 1.93 bits per heavy atom. The van der Waals surface area contributed by atoms with Gasteiger partial charge in [0.2, 0.25) is 5.91 Å². The molecule has 1 aliphatic rings. The van der Waals surface area contributed by atoms with Crippen LogP contribution in [0.3, 0.4) is 0 Å². The average molecular weight is 403 g/mol. The maximum atomic E-state index is 13.1. The summed E-state index contributed by atoms with van der Waals surface area (Å²) in [5.74, 6) is 1.99. The molecule has 0 bridgehead atoms. The van der Waals surface area contributed by atoms with Crippen LogP contribution in [0.1, 0.15) is 55.5 Å². The summed E-state index contributed by atoms with van der Waals surface area (Å²) in [6, 6.07) is 19.1. The van der Waals surface area contributed by atoms with E-state index in [0.717, 1.165) is 37.1 Å². The minimum atomic E-state index is 0.210. The zero-order valence-electron chi connectivity index (χ0n) is 17.9. The van der Waals surface area contributed by atoms with E-state index in [9.17, 15) is 4.79 Å². The van der Waals surface area contributed by atoms with E-state index < -0.39 is 0 Å². The second-order valence-corrected chi connectivity index (χ2v) is 8.21. The summed E-state index contributed by atoms with van der Waals surface area (Å²) < 4.78 is 5.91. The van der Waals surface area contributed by atoms with Gasteiger partial charge in [-0.15, -0.1) is 0 Å². The highest BCUT2D eigenvalue weighted by molar-refractivity contribution is 5.77. The van der Waals surface area contributed by atoms with Crippen molar-refractivity contribution in [3.63, 3.8) is 0 Å². The molecule has 0 radical (unpaired) electrons. The molecule has 2 heterocycles. The Morgan fingerprint density at radius 3 is 2.67 bits per heavy atom. The number of carbonyl (C=O) groups is 1. The summed E-state index contributed by atoms with van der Waals surface area (Å²) in [6.45, 7) is 5.14. The van der Waals surface area contributed by atoms with Gasteiger partial charge in [0.15, 0.2) is 11.7 Å². The molecular weight excluding hydrogens is 372 g/mol. The Kier molecular flexibility index (Phi) is 6.32. The lowest BCUT2D eigenvalue weighted by Crippen LogP contribution is -2.39. The normalized spacial score (nSPS) is 17.3.